The summed E-state index contributed by atoms with van der Waals surface area (Å²) in [5.74, 6) is 0.940. The third kappa shape index (κ3) is 2.05. The van der Waals surface area contributed by atoms with E-state index in [-0.39, 0.29) is 6.04 Å². The quantitative estimate of drug-likeness (QED) is 0.579. The fraction of sp³-hybridized carbons (Fsp3) is 0.889. The summed E-state index contributed by atoms with van der Waals surface area (Å²) in [5.41, 5.74) is 0. The van der Waals surface area contributed by atoms with Gasteiger partial charge in [0, 0.05) is 19.1 Å². The Balaban J connectivity index is 1.76. The third-order valence-corrected chi connectivity index (χ3v) is 2.68. The molecule has 2 aliphatic rings. The molecule has 1 aliphatic carbocycles. The minimum atomic E-state index is 0.0440. The molecule has 1 heterocycles. The van der Waals surface area contributed by atoms with Crippen LogP contribution >= 0.6 is 0 Å². The lowest BCUT2D eigenvalue weighted by Gasteiger charge is -2.28. The molecule has 0 spiro atoms. The number of hydrogen-bond donors (Lipinski definition) is 2. The Morgan fingerprint density at radius 2 is 2.17 bits per heavy atom. The van der Waals surface area contributed by atoms with Crippen LogP contribution in [0.25, 0.3) is 0 Å². The van der Waals surface area contributed by atoms with Crippen molar-refractivity contribution in [1.82, 2.24) is 10.6 Å². The van der Waals surface area contributed by atoms with Gasteiger partial charge in [0.25, 0.3) is 0 Å². The highest BCUT2D eigenvalue weighted by molar-refractivity contribution is 5.58. The number of nitrogens with one attached hydrogen (secondary N) is 2. The Morgan fingerprint density at radius 1 is 1.33 bits per heavy atom. The largest absolute Gasteiger partial charge is 0.313 e. The second-order valence-corrected chi connectivity index (χ2v) is 3.94. The Morgan fingerprint density at radius 3 is 2.83 bits per heavy atom. The van der Waals surface area contributed by atoms with E-state index in [1.165, 1.54) is 19.3 Å². The van der Waals surface area contributed by atoms with Crippen LogP contribution in [0.1, 0.15) is 19.3 Å². The summed E-state index contributed by atoms with van der Waals surface area (Å²) in [6.45, 7) is 1.82. The minimum absolute atomic E-state index is 0.0440. The Hall–Kier alpha value is -0.410. The lowest BCUT2D eigenvalue weighted by molar-refractivity contribution is -0.110. The van der Waals surface area contributed by atoms with Crippen LogP contribution in [0.5, 0.6) is 0 Å². The average Bonchev–Trinajstić information content (AvgIpc) is 2.89. The van der Waals surface area contributed by atoms with Crippen molar-refractivity contribution in [2.75, 3.05) is 13.1 Å². The maximum Gasteiger partial charge on any atom is 0.138 e. The van der Waals surface area contributed by atoms with E-state index in [9.17, 15) is 4.79 Å². The molecule has 1 saturated carbocycles. The van der Waals surface area contributed by atoms with Crippen molar-refractivity contribution in [2.45, 2.75) is 31.3 Å². The van der Waals surface area contributed by atoms with Gasteiger partial charge in [-0.2, -0.15) is 0 Å². The van der Waals surface area contributed by atoms with Crippen molar-refractivity contribution >= 4 is 6.29 Å². The van der Waals surface area contributed by atoms with Gasteiger partial charge in [-0.25, -0.2) is 0 Å². The highest BCUT2D eigenvalue weighted by atomic mass is 16.1. The van der Waals surface area contributed by atoms with Crippen LogP contribution < -0.4 is 10.6 Å². The van der Waals surface area contributed by atoms with Gasteiger partial charge in [0.15, 0.2) is 0 Å². The van der Waals surface area contributed by atoms with E-state index in [4.69, 9.17) is 0 Å². The zero-order valence-corrected chi connectivity index (χ0v) is 7.25. The van der Waals surface area contributed by atoms with E-state index < -0.39 is 0 Å². The second kappa shape index (κ2) is 3.54. The first-order valence-electron chi connectivity index (χ1n) is 4.80. The molecule has 68 valence electrons. The molecule has 2 fully saturated rings. The second-order valence-electron chi connectivity index (χ2n) is 3.94. The molecule has 3 nitrogen and oxygen atoms in total. The van der Waals surface area contributed by atoms with Gasteiger partial charge in [-0.1, -0.05) is 12.8 Å². The first-order valence-corrected chi connectivity index (χ1v) is 4.80. The predicted molar refractivity (Wildman–Crippen MR) is 47.0 cm³/mol. The summed E-state index contributed by atoms with van der Waals surface area (Å²) in [4.78, 5) is 10.5. The van der Waals surface area contributed by atoms with Crippen LogP contribution in [0.15, 0.2) is 0 Å². The van der Waals surface area contributed by atoms with Gasteiger partial charge < -0.3 is 15.4 Å². The number of aldehydes is 1. The van der Waals surface area contributed by atoms with Crippen molar-refractivity contribution in [3.63, 3.8) is 0 Å². The molecule has 2 atom stereocenters. The summed E-state index contributed by atoms with van der Waals surface area (Å²) in [5, 5.41) is 6.62. The molecule has 3 heteroatoms. The van der Waals surface area contributed by atoms with Crippen LogP contribution in [-0.4, -0.2) is 31.5 Å². The Labute approximate surface area is 72.9 Å². The zero-order valence-electron chi connectivity index (χ0n) is 7.25. The van der Waals surface area contributed by atoms with Crippen LogP contribution in [0, 0.1) is 5.92 Å². The fourth-order valence-electron chi connectivity index (χ4n) is 1.83. The number of piperazine rings is 1. The lowest BCUT2D eigenvalue weighted by Crippen LogP contribution is -2.55. The van der Waals surface area contributed by atoms with E-state index in [0.717, 1.165) is 25.3 Å². The van der Waals surface area contributed by atoms with E-state index in [0.29, 0.717) is 6.04 Å². The Bertz CT molecular complexity index is 168. The van der Waals surface area contributed by atoms with Gasteiger partial charge in [0.2, 0.25) is 0 Å². The van der Waals surface area contributed by atoms with Crippen molar-refractivity contribution in [1.29, 1.82) is 0 Å². The normalized spacial score (nSPS) is 36.3. The van der Waals surface area contributed by atoms with Gasteiger partial charge in [0.1, 0.15) is 6.29 Å². The van der Waals surface area contributed by atoms with E-state index in [2.05, 4.69) is 10.6 Å². The fourth-order valence-corrected chi connectivity index (χ4v) is 1.83. The average molecular weight is 168 g/mol. The third-order valence-electron chi connectivity index (χ3n) is 2.68. The van der Waals surface area contributed by atoms with E-state index >= 15 is 0 Å². The molecule has 2 N–H and O–H groups in total. The minimum Gasteiger partial charge on any atom is -0.313 e. The summed E-state index contributed by atoms with van der Waals surface area (Å²) in [6, 6.07) is 0.573. The molecule has 1 saturated heterocycles. The van der Waals surface area contributed by atoms with Gasteiger partial charge in [-0.3, -0.25) is 0 Å². The maximum absolute atomic E-state index is 10.5. The molecular weight excluding hydrogens is 152 g/mol. The lowest BCUT2D eigenvalue weighted by atomic mass is 10.1. The molecule has 0 radical (unpaired) electrons. The molecule has 1 aliphatic heterocycles. The van der Waals surface area contributed by atoms with E-state index in [1.54, 1.807) is 0 Å². The highest BCUT2D eigenvalue weighted by Gasteiger charge is 2.28. The van der Waals surface area contributed by atoms with Crippen LogP contribution in [0.2, 0.25) is 0 Å². The zero-order chi connectivity index (χ0) is 8.39. The first-order chi connectivity index (χ1) is 5.88. The standard InChI is InChI=1S/C9H16N2O/c12-6-9-5-10-4-8(11-9)3-7-1-2-7/h6-11H,1-5H2/t8-,9?/m0/s1. The van der Waals surface area contributed by atoms with Crippen molar-refractivity contribution < 1.29 is 4.79 Å². The Kier molecular flexibility index (Phi) is 2.42. The first kappa shape index (κ1) is 8.20. The van der Waals surface area contributed by atoms with Gasteiger partial charge in [0.05, 0.1) is 6.04 Å². The van der Waals surface area contributed by atoms with Gasteiger partial charge >= 0.3 is 0 Å². The van der Waals surface area contributed by atoms with Gasteiger partial charge in [-0.05, 0) is 12.3 Å². The molecule has 0 bridgehead atoms. The summed E-state index contributed by atoms with van der Waals surface area (Å²) >= 11 is 0. The van der Waals surface area contributed by atoms with Crippen molar-refractivity contribution in [2.24, 2.45) is 5.92 Å². The highest BCUT2D eigenvalue weighted by Crippen LogP contribution is 2.33. The van der Waals surface area contributed by atoms with Crippen molar-refractivity contribution in [3.05, 3.63) is 0 Å². The monoisotopic (exact) mass is 168 g/mol. The van der Waals surface area contributed by atoms with Crippen LogP contribution in [-0.2, 0) is 4.79 Å². The number of hydrogen-bond acceptors (Lipinski definition) is 3. The molecule has 1 unspecified atom stereocenters. The summed E-state index contributed by atoms with van der Waals surface area (Å²) < 4.78 is 0. The number of rotatable bonds is 3. The van der Waals surface area contributed by atoms with Crippen molar-refractivity contribution in [3.8, 4) is 0 Å². The van der Waals surface area contributed by atoms with E-state index in [1.807, 2.05) is 0 Å². The molecule has 0 aromatic carbocycles. The topological polar surface area (TPSA) is 41.1 Å². The summed E-state index contributed by atoms with van der Waals surface area (Å²) in [6.07, 6.45) is 5.04. The van der Waals surface area contributed by atoms with Crippen LogP contribution in [0.3, 0.4) is 0 Å². The number of carbonyl (C=O) groups is 1. The molecule has 0 aromatic heterocycles. The van der Waals surface area contributed by atoms with Gasteiger partial charge in [-0.15, -0.1) is 0 Å². The SMILES string of the molecule is O=CC1CNC[C@H](CC2CC2)N1. The molecule has 0 amide bonds. The summed E-state index contributed by atoms with van der Waals surface area (Å²) in [7, 11) is 0. The molecule has 0 aromatic rings. The van der Waals surface area contributed by atoms with Crippen LogP contribution in [0.4, 0.5) is 0 Å². The smallest absolute Gasteiger partial charge is 0.138 e. The number of carbonyl (C=O) groups excluding carboxylic acids is 1. The molecule has 2 rings (SSSR count). The predicted octanol–water partition coefficient (Wildman–Crippen LogP) is -0.0846. The maximum atomic E-state index is 10.5. The molecular formula is C9H16N2O. The molecule has 12 heavy (non-hydrogen) atoms.